The van der Waals surface area contributed by atoms with Crippen molar-refractivity contribution in [2.75, 3.05) is 32.0 Å². The van der Waals surface area contributed by atoms with Crippen LogP contribution in [0.1, 0.15) is 24.8 Å². The summed E-state index contributed by atoms with van der Waals surface area (Å²) in [6.07, 6.45) is 5.56. The highest BCUT2D eigenvalue weighted by Gasteiger charge is 2.15. The van der Waals surface area contributed by atoms with E-state index in [1.54, 1.807) is 6.20 Å². The predicted octanol–water partition coefficient (Wildman–Crippen LogP) is 1.86. The van der Waals surface area contributed by atoms with Crippen LogP contribution in [0.15, 0.2) is 18.3 Å². The van der Waals surface area contributed by atoms with Crippen molar-refractivity contribution < 1.29 is 0 Å². The second-order valence-corrected chi connectivity index (χ2v) is 5.70. The van der Waals surface area contributed by atoms with Gasteiger partial charge in [0, 0.05) is 18.3 Å². The molecule has 1 aliphatic heterocycles. The molecule has 4 nitrogen and oxygen atoms in total. The van der Waals surface area contributed by atoms with Crippen LogP contribution in [0.4, 0.5) is 5.82 Å². The Bertz CT molecular complexity index is 410. The van der Waals surface area contributed by atoms with Crippen molar-refractivity contribution in [1.82, 2.24) is 9.88 Å². The van der Waals surface area contributed by atoms with E-state index in [1.165, 1.54) is 32.4 Å². The van der Waals surface area contributed by atoms with E-state index in [2.05, 4.69) is 22.2 Å². The normalized spacial score (nSPS) is 17.3. The van der Waals surface area contributed by atoms with Gasteiger partial charge in [-0.3, -0.25) is 0 Å². The molecule has 0 radical (unpaired) electrons. The van der Waals surface area contributed by atoms with Gasteiger partial charge in [0.2, 0.25) is 0 Å². The Balaban J connectivity index is 1.72. The van der Waals surface area contributed by atoms with E-state index in [1.807, 2.05) is 12.1 Å². The number of nitrogens with one attached hydrogen (secondary N) is 1. The summed E-state index contributed by atoms with van der Waals surface area (Å²) < 4.78 is 0. The fraction of sp³-hybridized carbons (Fsp3) is 0.571. The van der Waals surface area contributed by atoms with Gasteiger partial charge in [-0.15, -0.1) is 0 Å². The Morgan fingerprint density at radius 3 is 2.79 bits per heavy atom. The number of nitrogens with two attached hydrogens (primary N) is 1. The smallest absolute Gasteiger partial charge is 0.125 e. The minimum atomic E-state index is 0.394. The van der Waals surface area contributed by atoms with E-state index in [4.69, 9.17) is 18.0 Å². The number of aromatic nitrogens is 1. The molecule has 0 atom stereocenters. The fourth-order valence-electron chi connectivity index (χ4n) is 2.40. The van der Waals surface area contributed by atoms with Crippen LogP contribution >= 0.6 is 12.2 Å². The average Bonchev–Trinajstić information content (AvgIpc) is 2.41. The zero-order valence-corrected chi connectivity index (χ0v) is 12.2. The summed E-state index contributed by atoms with van der Waals surface area (Å²) in [5.74, 6) is 1.74. The summed E-state index contributed by atoms with van der Waals surface area (Å²) in [5.41, 5.74) is 6.36. The van der Waals surface area contributed by atoms with Crippen LogP contribution in [-0.4, -0.2) is 41.6 Å². The number of likely N-dealkylation sites (tertiary alicyclic amines) is 1. The van der Waals surface area contributed by atoms with Crippen LogP contribution < -0.4 is 11.1 Å². The van der Waals surface area contributed by atoms with Crippen molar-refractivity contribution in [3.63, 3.8) is 0 Å². The number of rotatable bonds is 5. The highest BCUT2D eigenvalue weighted by molar-refractivity contribution is 7.80. The first-order chi connectivity index (χ1) is 9.15. The second kappa shape index (κ2) is 6.82. The lowest BCUT2D eigenvalue weighted by atomic mass is 9.94. The topological polar surface area (TPSA) is 54.2 Å². The standard InChI is InChI=1S/C14H22N4S/c1-18-8-5-11(6-9-18)4-7-16-13-3-2-12(10-17-13)14(15)19/h2-3,10-11H,4-9H2,1H3,(H2,15,19)(H,16,17). The third-order valence-electron chi connectivity index (χ3n) is 3.74. The molecule has 1 aliphatic rings. The molecule has 0 saturated carbocycles. The molecule has 0 aromatic carbocycles. The van der Waals surface area contributed by atoms with Crippen LogP contribution in [0, 0.1) is 5.92 Å². The van der Waals surface area contributed by atoms with Gasteiger partial charge in [0.25, 0.3) is 0 Å². The van der Waals surface area contributed by atoms with Crippen molar-refractivity contribution in [2.24, 2.45) is 11.7 Å². The lowest BCUT2D eigenvalue weighted by molar-refractivity contribution is 0.215. The lowest BCUT2D eigenvalue weighted by Gasteiger charge is -2.28. The van der Waals surface area contributed by atoms with Gasteiger partial charge >= 0.3 is 0 Å². The molecule has 0 bridgehead atoms. The van der Waals surface area contributed by atoms with Crippen LogP contribution in [0.5, 0.6) is 0 Å². The van der Waals surface area contributed by atoms with Crippen molar-refractivity contribution in [3.05, 3.63) is 23.9 Å². The van der Waals surface area contributed by atoms with E-state index in [0.717, 1.165) is 23.8 Å². The van der Waals surface area contributed by atoms with E-state index in [-0.39, 0.29) is 0 Å². The zero-order valence-electron chi connectivity index (χ0n) is 11.4. The maximum absolute atomic E-state index is 5.54. The minimum absolute atomic E-state index is 0.394. The minimum Gasteiger partial charge on any atom is -0.389 e. The summed E-state index contributed by atoms with van der Waals surface area (Å²) in [6.45, 7) is 3.44. The van der Waals surface area contributed by atoms with Gasteiger partial charge in [0.15, 0.2) is 0 Å². The van der Waals surface area contributed by atoms with Crippen LogP contribution in [0.3, 0.4) is 0 Å². The van der Waals surface area contributed by atoms with Gasteiger partial charge < -0.3 is 16.0 Å². The first-order valence-electron chi connectivity index (χ1n) is 6.83. The maximum Gasteiger partial charge on any atom is 0.125 e. The molecular formula is C14H22N4S. The SMILES string of the molecule is CN1CCC(CCNc2ccc(C(N)=S)cn2)CC1. The van der Waals surface area contributed by atoms with Crippen LogP contribution in [0.2, 0.25) is 0 Å². The second-order valence-electron chi connectivity index (χ2n) is 5.26. The molecule has 0 spiro atoms. The molecule has 1 saturated heterocycles. The molecule has 0 amide bonds. The van der Waals surface area contributed by atoms with Crippen molar-refractivity contribution >= 4 is 23.0 Å². The number of thiocarbonyl (C=S) groups is 1. The van der Waals surface area contributed by atoms with Crippen molar-refractivity contribution in [3.8, 4) is 0 Å². The summed E-state index contributed by atoms with van der Waals surface area (Å²) in [4.78, 5) is 7.10. The maximum atomic E-state index is 5.54. The van der Waals surface area contributed by atoms with Gasteiger partial charge in [-0.25, -0.2) is 4.98 Å². The number of hydrogen-bond acceptors (Lipinski definition) is 4. The Hall–Kier alpha value is -1.20. The molecule has 1 aromatic heterocycles. The molecule has 2 rings (SSSR count). The monoisotopic (exact) mass is 278 g/mol. The first kappa shape index (κ1) is 14.2. The number of piperidine rings is 1. The molecule has 104 valence electrons. The summed E-state index contributed by atoms with van der Waals surface area (Å²) in [5, 5.41) is 3.36. The first-order valence-corrected chi connectivity index (χ1v) is 7.24. The van der Waals surface area contributed by atoms with Gasteiger partial charge in [-0.2, -0.15) is 0 Å². The van der Waals surface area contributed by atoms with Crippen molar-refractivity contribution in [1.29, 1.82) is 0 Å². The predicted molar refractivity (Wildman–Crippen MR) is 83.5 cm³/mol. The molecule has 0 unspecified atom stereocenters. The quantitative estimate of drug-likeness (QED) is 0.805. The van der Waals surface area contributed by atoms with Gasteiger partial charge in [-0.1, -0.05) is 12.2 Å². The van der Waals surface area contributed by atoms with E-state index in [0.29, 0.717) is 4.99 Å². The molecule has 2 heterocycles. The van der Waals surface area contributed by atoms with Crippen molar-refractivity contribution in [2.45, 2.75) is 19.3 Å². The molecule has 1 fully saturated rings. The average molecular weight is 278 g/mol. The Morgan fingerprint density at radius 2 is 2.21 bits per heavy atom. The molecule has 5 heteroatoms. The number of nitrogens with zero attached hydrogens (tertiary/aromatic N) is 2. The molecule has 19 heavy (non-hydrogen) atoms. The molecule has 0 aliphatic carbocycles. The molecule has 1 aromatic rings. The Morgan fingerprint density at radius 1 is 1.47 bits per heavy atom. The number of hydrogen-bond donors (Lipinski definition) is 2. The fourth-order valence-corrected chi connectivity index (χ4v) is 2.52. The van der Waals surface area contributed by atoms with E-state index < -0.39 is 0 Å². The Labute approximate surface area is 120 Å². The molecular weight excluding hydrogens is 256 g/mol. The number of anilines is 1. The zero-order chi connectivity index (χ0) is 13.7. The third-order valence-corrected chi connectivity index (χ3v) is 3.98. The van der Waals surface area contributed by atoms with E-state index in [9.17, 15) is 0 Å². The van der Waals surface area contributed by atoms with Gasteiger partial charge in [-0.05, 0) is 57.5 Å². The van der Waals surface area contributed by atoms with Gasteiger partial charge in [0.1, 0.15) is 10.8 Å². The molecule has 3 N–H and O–H groups in total. The highest BCUT2D eigenvalue weighted by Crippen LogP contribution is 2.19. The van der Waals surface area contributed by atoms with E-state index >= 15 is 0 Å². The third kappa shape index (κ3) is 4.44. The highest BCUT2D eigenvalue weighted by atomic mass is 32.1. The Kier molecular flexibility index (Phi) is 5.10. The van der Waals surface area contributed by atoms with Crippen LogP contribution in [0.25, 0.3) is 0 Å². The van der Waals surface area contributed by atoms with Gasteiger partial charge in [0.05, 0.1) is 0 Å². The summed E-state index contributed by atoms with van der Waals surface area (Å²) in [6, 6.07) is 3.84. The summed E-state index contributed by atoms with van der Waals surface area (Å²) in [7, 11) is 2.20. The largest absolute Gasteiger partial charge is 0.389 e. The number of pyridine rings is 1. The summed E-state index contributed by atoms with van der Waals surface area (Å²) >= 11 is 4.90. The lowest BCUT2D eigenvalue weighted by Crippen LogP contribution is -2.30. The van der Waals surface area contributed by atoms with Crippen LogP contribution in [-0.2, 0) is 0 Å².